The van der Waals surface area contributed by atoms with Crippen molar-refractivity contribution in [2.45, 2.75) is 62.6 Å². The molecule has 3 fully saturated rings. The molecule has 3 unspecified atom stereocenters. The zero-order valence-corrected chi connectivity index (χ0v) is 29.3. The molecule has 2 aromatic rings. The highest BCUT2D eigenvalue weighted by Gasteiger charge is 2.41. The molecule has 12 nitrogen and oxygen atoms in total. The van der Waals surface area contributed by atoms with Gasteiger partial charge in [0.05, 0.1) is 5.70 Å². The van der Waals surface area contributed by atoms with Crippen molar-refractivity contribution in [3.05, 3.63) is 80.5 Å². The molecule has 2 aromatic carbocycles. The first-order valence-corrected chi connectivity index (χ1v) is 17.6. The maximum absolute atomic E-state index is 13.6. The second-order valence-corrected chi connectivity index (χ2v) is 14.2. The molecule has 3 saturated heterocycles. The summed E-state index contributed by atoms with van der Waals surface area (Å²) in [7, 11) is 3.60. The van der Waals surface area contributed by atoms with Gasteiger partial charge in [0.1, 0.15) is 10.5 Å². The van der Waals surface area contributed by atoms with Crippen molar-refractivity contribution in [2.24, 2.45) is 0 Å². The predicted molar refractivity (Wildman–Crippen MR) is 187 cm³/mol. The topological polar surface area (TPSA) is 155 Å². The molecule has 0 spiro atoms. The fraction of sp³-hybridized carbons (Fsp3) is 0.444. The van der Waals surface area contributed by atoms with Crippen LogP contribution in [0.1, 0.15) is 81.3 Å². The number of piperidine rings is 3. The van der Waals surface area contributed by atoms with Crippen LogP contribution in [0.25, 0.3) is 0 Å². The molecule has 4 N–H and O–H groups in total. The van der Waals surface area contributed by atoms with E-state index < -0.39 is 11.9 Å². The molecule has 4 aliphatic heterocycles. The van der Waals surface area contributed by atoms with Gasteiger partial charge in [-0.1, -0.05) is 24.3 Å². The number of halogens is 1. The Bertz CT molecular complexity index is 1700. The molecule has 4 heterocycles. The summed E-state index contributed by atoms with van der Waals surface area (Å²) >= 11 is 3.30. The molecule has 258 valence electrons. The number of likely N-dealkylation sites (N-methyl/N-ethyl adjacent to an activating group) is 2. The van der Waals surface area contributed by atoms with Crippen LogP contribution in [-0.2, 0) is 20.9 Å². The van der Waals surface area contributed by atoms with Gasteiger partial charge in [0.15, 0.2) is 0 Å². The smallest absolute Gasteiger partial charge is 0.260 e. The number of benzene rings is 2. The Labute approximate surface area is 294 Å². The third-order valence-corrected chi connectivity index (χ3v) is 11.1. The van der Waals surface area contributed by atoms with Crippen LogP contribution in [0, 0.1) is 5.41 Å². The summed E-state index contributed by atoms with van der Waals surface area (Å²) in [5, 5.41) is 16.1. The van der Waals surface area contributed by atoms with E-state index in [-0.39, 0.29) is 47.9 Å². The van der Waals surface area contributed by atoms with Crippen molar-refractivity contribution < 1.29 is 24.0 Å². The minimum Gasteiger partial charge on any atom is -0.379 e. The highest BCUT2D eigenvalue weighted by molar-refractivity contribution is 9.12. The van der Waals surface area contributed by atoms with Gasteiger partial charge in [-0.2, -0.15) is 0 Å². The van der Waals surface area contributed by atoms with E-state index in [0.29, 0.717) is 47.4 Å². The lowest BCUT2D eigenvalue weighted by atomic mass is 9.85. The minimum atomic E-state index is -0.645. The van der Waals surface area contributed by atoms with E-state index in [1.54, 1.807) is 11.9 Å². The Kier molecular flexibility index (Phi) is 10.3. The lowest BCUT2D eigenvalue weighted by Gasteiger charge is -2.37. The van der Waals surface area contributed by atoms with E-state index in [1.807, 2.05) is 41.3 Å². The second kappa shape index (κ2) is 14.6. The number of amides is 5. The standard InChI is InChI=1S/C36H42BrN7O5/c1-39-34(47)32(37)29(17-38)40-25-16-24(18-42(2)19-25)21-6-8-23(9-7-21)35(48)43-14-12-22(13-15-43)26-4-3-5-27-28(26)20-44(36(27)49)30-10-11-31(45)41-33(30)46/h3-9,17,22,24-25,30,38,40H,10-16,18-20H2,1-2H3,(H,39,47)(H,41,45,46)/b32-29-,38-17?. The Hall–Kier alpha value is -4.36. The number of hydrogen-bond acceptors (Lipinski definition) is 8. The monoisotopic (exact) mass is 731 g/mol. The quantitative estimate of drug-likeness (QED) is 0.185. The molecule has 5 amide bonds. The van der Waals surface area contributed by atoms with Gasteiger partial charge in [0.2, 0.25) is 11.8 Å². The number of fused-ring (bicyclic) bond motifs is 1. The number of nitrogens with one attached hydrogen (secondary N) is 4. The number of carbonyl (C=O) groups excluding carboxylic acids is 5. The summed E-state index contributed by atoms with van der Waals surface area (Å²) in [5.41, 5.74) is 4.89. The van der Waals surface area contributed by atoms with Gasteiger partial charge in [0, 0.05) is 69.6 Å². The molecule has 3 atom stereocenters. The maximum Gasteiger partial charge on any atom is 0.260 e. The molecule has 0 aromatic heterocycles. The normalized spacial score (nSPS) is 23.8. The Morgan fingerprint density at radius 1 is 1.00 bits per heavy atom. The fourth-order valence-corrected chi connectivity index (χ4v) is 8.18. The fourth-order valence-electron chi connectivity index (χ4n) is 7.75. The molecular weight excluding hydrogens is 690 g/mol. The highest BCUT2D eigenvalue weighted by Crippen LogP contribution is 2.37. The second-order valence-electron chi connectivity index (χ2n) is 13.4. The lowest BCUT2D eigenvalue weighted by Crippen LogP contribution is -2.52. The number of rotatable bonds is 8. The number of hydrogen-bond donors (Lipinski definition) is 4. The van der Waals surface area contributed by atoms with Crippen LogP contribution in [0.4, 0.5) is 0 Å². The van der Waals surface area contributed by atoms with E-state index in [2.05, 4.69) is 49.9 Å². The Morgan fingerprint density at radius 2 is 1.73 bits per heavy atom. The van der Waals surface area contributed by atoms with Crippen LogP contribution in [0.5, 0.6) is 0 Å². The van der Waals surface area contributed by atoms with Crippen molar-refractivity contribution in [1.82, 2.24) is 30.7 Å². The van der Waals surface area contributed by atoms with Crippen LogP contribution < -0.4 is 16.0 Å². The average Bonchev–Trinajstić information content (AvgIpc) is 3.45. The van der Waals surface area contributed by atoms with E-state index in [0.717, 1.165) is 55.3 Å². The molecule has 13 heteroatoms. The van der Waals surface area contributed by atoms with Crippen molar-refractivity contribution in [1.29, 1.82) is 5.41 Å². The number of nitrogens with zero attached hydrogens (tertiary/aromatic N) is 3. The largest absolute Gasteiger partial charge is 0.379 e. The van der Waals surface area contributed by atoms with Gasteiger partial charge in [-0.25, -0.2) is 0 Å². The summed E-state index contributed by atoms with van der Waals surface area (Å²) in [5.74, 6) is -0.769. The molecular formula is C36H42BrN7O5. The lowest BCUT2D eigenvalue weighted by molar-refractivity contribution is -0.137. The van der Waals surface area contributed by atoms with E-state index in [9.17, 15) is 24.0 Å². The van der Waals surface area contributed by atoms with Gasteiger partial charge in [-0.3, -0.25) is 29.3 Å². The average molecular weight is 733 g/mol. The molecule has 0 radical (unpaired) electrons. The molecule has 49 heavy (non-hydrogen) atoms. The first kappa shape index (κ1) is 34.5. The van der Waals surface area contributed by atoms with Gasteiger partial charge in [0.25, 0.3) is 17.7 Å². The third kappa shape index (κ3) is 7.18. The van der Waals surface area contributed by atoms with Gasteiger partial charge >= 0.3 is 0 Å². The van der Waals surface area contributed by atoms with E-state index in [4.69, 9.17) is 5.41 Å². The summed E-state index contributed by atoms with van der Waals surface area (Å²) in [6, 6.07) is 13.0. The number of imide groups is 1. The first-order valence-electron chi connectivity index (χ1n) is 16.8. The highest BCUT2D eigenvalue weighted by atomic mass is 79.9. The first-order chi connectivity index (χ1) is 23.6. The van der Waals surface area contributed by atoms with E-state index in [1.165, 1.54) is 0 Å². The molecule has 0 aliphatic carbocycles. The van der Waals surface area contributed by atoms with Crippen molar-refractivity contribution in [2.75, 3.05) is 40.3 Å². The molecule has 4 aliphatic rings. The molecule has 0 saturated carbocycles. The van der Waals surface area contributed by atoms with Gasteiger partial charge in [-0.15, -0.1) is 0 Å². The van der Waals surface area contributed by atoms with Crippen LogP contribution in [0.2, 0.25) is 0 Å². The SMILES string of the molecule is CNC(=O)/C(Br)=C(\C=N)NC1CC(c2ccc(C(=O)N3CCC(c4cccc5c4CN(C4CCC(=O)NC4=O)C5=O)CC3)cc2)CN(C)C1. The zero-order valence-electron chi connectivity index (χ0n) is 27.8. The van der Waals surface area contributed by atoms with Crippen LogP contribution in [0.15, 0.2) is 52.6 Å². The number of likely N-dealkylation sites (tertiary alicyclic amines) is 2. The predicted octanol–water partition coefficient (Wildman–Crippen LogP) is 2.85. The van der Waals surface area contributed by atoms with Crippen LogP contribution in [-0.4, -0.2) is 103 Å². The van der Waals surface area contributed by atoms with Gasteiger partial charge in [-0.05, 0) is 95.4 Å². The van der Waals surface area contributed by atoms with Crippen molar-refractivity contribution in [3.8, 4) is 0 Å². The summed E-state index contributed by atoms with van der Waals surface area (Å²) in [4.78, 5) is 68.9. The zero-order chi connectivity index (χ0) is 34.8. The molecule has 6 rings (SSSR count). The molecule has 0 bridgehead atoms. The van der Waals surface area contributed by atoms with Crippen molar-refractivity contribution >= 4 is 51.7 Å². The maximum atomic E-state index is 13.6. The Morgan fingerprint density at radius 3 is 2.41 bits per heavy atom. The third-order valence-electron chi connectivity index (χ3n) is 10.3. The van der Waals surface area contributed by atoms with E-state index >= 15 is 0 Å². The summed E-state index contributed by atoms with van der Waals surface area (Å²) in [6.07, 6.45) is 4.07. The summed E-state index contributed by atoms with van der Waals surface area (Å²) < 4.78 is 0.292. The summed E-state index contributed by atoms with van der Waals surface area (Å²) in [6.45, 7) is 3.20. The minimum absolute atomic E-state index is 0.00243. The number of carbonyl (C=O) groups is 5. The van der Waals surface area contributed by atoms with Crippen LogP contribution >= 0.6 is 15.9 Å². The van der Waals surface area contributed by atoms with Gasteiger partial charge < -0.3 is 30.7 Å². The van der Waals surface area contributed by atoms with Crippen molar-refractivity contribution in [3.63, 3.8) is 0 Å². The Balaban J connectivity index is 1.07. The number of allylic oxidation sites excluding steroid dienone is 1. The van der Waals surface area contributed by atoms with Crippen LogP contribution in [0.3, 0.4) is 0 Å².